The van der Waals surface area contributed by atoms with E-state index in [0.29, 0.717) is 0 Å². The van der Waals surface area contributed by atoms with Crippen molar-refractivity contribution in [1.82, 2.24) is 5.32 Å². The summed E-state index contributed by atoms with van der Waals surface area (Å²) in [7, 11) is 0. The summed E-state index contributed by atoms with van der Waals surface area (Å²) in [5, 5.41) is 49.3. The fourth-order valence-corrected chi connectivity index (χ4v) is 1.54. The maximum atomic E-state index is 11.3. The van der Waals surface area contributed by atoms with E-state index in [1.54, 1.807) is 5.32 Å². The van der Waals surface area contributed by atoms with Crippen molar-refractivity contribution in [2.75, 3.05) is 6.61 Å². The molecule has 0 aliphatic heterocycles. The van der Waals surface area contributed by atoms with Crippen molar-refractivity contribution in [3.63, 3.8) is 0 Å². The molecule has 10 heteroatoms. The highest BCUT2D eigenvalue weighted by Crippen LogP contribution is 2.20. The predicted molar refractivity (Wildman–Crippen MR) is 66.0 cm³/mol. The van der Waals surface area contributed by atoms with Crippen LogP contribution in [0, 0.1) is 0 Å². The van der Waals surface area contributed by atoms with E-state index in [2.05, 4.69) is 0 Å². The summed E-state index contributed by atoms with van der Waals surface area (Å²) in [5.41, 5.74) is -4.20. The molecule has 8 N–H and O–H groups in total. The fourth-order valence-electron chi connectivity index (χ4n) is 1.09. The topological polar surface area (TPSA) is 173 Å². The van der Waals surface area contributed by atoms with Crippen LogP contribution in [0.3, 0.4) is 0 Å². The molecule has 18 heavy (non-hydrogen) atoms. The molecule has 9 nitrogen and oxygen atoms in total. The fraction of sp³-hybridized carbons (Fsp3) is 0.750. The van der Waals surface area contributed by atoms with Crippen LogP contribution in [-0.4, -0.2) is 65.5 Å². The minimum atomic E-state index is -2.88. The number of aliphatic hydroxyl groups excluding tert-OH is 3. The van der Waals surface area contributed by atoms with Crippen molar-refractivity contribution in [3.8, 4) is 0 Å². The third kappa shape index (κ3) is 3.81. The van der Waals surface area contributed by atoms with Crippen molar-refractivity contribution >= 4 is 32.3 Å². The summed E-state index contributed by atoms with van der Waals surface area (Å²) in [4.78, 5) is 22.2. The number of carbonyl (C=O) groups excluding carboxylic acids is 2. The van der Waals surface area contributed by atoms with Gasteiger partial charge in [-0.2, -0.15) is 0 Å². The molecule has 0 spiro atoms. The molecule has 1 amide bonds. The van der Waals surface area contributed by atoms with E-state index in [1.165, 1.54) is 5.73 Å². The average molecular weight is 379 g/mol. The monoisotopic (exact) mass is 379 g/mol. The molecule has 0 saturated carbocycles. The van der Waals surface area contributed by atoms with Gasteiger partial charge in [-0.15, -0.1) is 0 Å². The Labute approximate surface area is 117 Å². The van der Waals surface area contributed by atoms with Crippen LogP contribution in [0.2, 0.25) is 1.41 Å². The highest BCUT2D eigenvalue weighted by atomic mass is 127. The van der Waals surface area contributed by atoms with Gasteiger partial charge in [-0.05, 0) is 0 Å². The summed E-state index contributed by atoms with van der Waals surface area (Å²) in [6, 6.07) is 0. The van der Waals surface area contributed by atoms with Crippen molar-refractivity contribution in [2.24, 2.45) is 5.73 Å². The maximum absolute atomic E-state index is 11.3. The lowest BCUT2D eigenvalue weighted by molar-refractivity contribution is -0.199. The molecule has 0 aliphatic rings. The summed E-state index contributed by atoms with van der Waals surface area (Å²) >= 11 is 1.07. The molecule has 0 rings (SSSR count). The Morgan fingerprint density at radius 3 is 2.22 bits per heavy atom. The first-order chi connectivity index (χ1) is 8.55. The van der Waals surface area contributed by atoms with Crippen LogP contribution in [0.4, 0.5) is 0 Å². The first kappa shape index (κ1) is 15.7. The summed E-state index contributed by atoms with van der Waals surface area (Å²) in [6.45, 7) is -0.245. The molecule has 0 aromatic heterocycles. The quantitative estimate of drug-likeness (QED) is 0.134. The number of amides is 1. The number of aliphatic hydroxyl groups is 5. The first-order valence-corrected chi connectivity index (χ1v) is 5.72. The number of hydrogen-bond acceptors (Lipinski definition) is 8. The van der Waals surface area contributed by atoms with Gasteiger partial charge in [0.1, 0.15) is 13.6 Å². The molecular formula is C8H15IN2O7. The third-order valence-electron chi connectivity index (χ3n) is 2.12. The van der Waals surface area contributed by atoms with Gasteiger partial charge < -0.3 is 30.8 Å². The van der Waals surface area contributed by atoms with E-state index in [-0.39, 0.29) is 0 Å². The van der Waals surface area contributed by atoms with Crippen molar-refractivity contribution in [2.45, 2.75) is 30.6 Å². The Morgan fingerprint density at radius 2 is 1.94 bits per heavy atom. The Morgan fingerprint density at radius 1 is 1.44 bits per heavy atom. The van der Waals surface area contributed by atoms with Crippen molar-refractivity contribution in [1.29, 1.82) is 0 Å². The SMILES string of the molecule is [2H]N[C@@](O)(CO)[C@@H](O)[C@H](O)[C@](O)(NC(C)=O)C(=O)I. The maximum Gasteiger partial charge on any atom is 0.247 e. The van der Waals surface area contributed by atoms with Gasteiger partial charge in [0.25, 0.3) is 0 Å². The van der Waals surface area contributed by atoms with Crippen LogP contribution < -0.4 is 11.0 Å². The lowest BCUT2D eigenvalue weighted by atomic mass is 9.95. The largest absolute Gasteiger partial charge is 0.392 e. The second kappa shape index (κ2) is 6.18. The summed E-state index contributed by atoms with van der Waals surface area (Å²) in [6.07, 6.45) is -4.73. The normalized spacial score (nSPS) is 22.1. The number of hydrogen-bond donors (Lipinski definition) is 7. The molecule has 0 bridgehead atoms. The van der Waals surface area contributed by atoms with E-state index in [1.807, 2.05) is 0 Å². The molecule has 0 heterocycles. The standard InChI is InChI=1S/C8H15IN2O7/c1-3(13)11-8(18,6(9)16)5(15)4(14)7(10,17)2-12/h4-5,12,14-15,17-18H,2,10H2,1H3,(H,11,13)/t4-,5-,7+,8+/m0/s1/i/hD. The molecule has 0 aliphatic carbocycles. The van der Waals surface area contributed by atoms with Gasteiger partial charge in [0, 0.05) is 29.5 Å². The lowest BCUT2D eigenvalue weighted by Crippen LogP contribution is -2.70. The lowest BCUT2D eigenvalue weighted by Gasteiger charge is -2.37. The first-order valence-electron chi connectivity index (χ1n) is 5.14. The molecule has 0 aromatic rings. The van der Waals surface area contributed by atoms with E-state index in [4.69, 9.17) is 6.52 Å². The number of nitrogens with two attached hydrogens (primary N) is 1. The zero-order chi connectivity index (χ0) is 15.4. The van der Waals surface area contributed by atoms with Gasteiger partial charge in [-0.3, -0.25) is 15.3 Å². The zero-order valence-corrected chi connectivity index (χ0v) is 11.4. The minimum Gasteiger partial charge on any atom is -0.392 e. The van der Waals surface area contributed by atoms with Crippen molar-refractivity contribution < 1.29 is 36.5 Å². The zero-order valence-electron chi connectivity index (χ0n) is 10.3. The van der Waals surface area contributed by atoms with Crippen LogP contribution in [0.25, 0.3) is 0 Å². The van der Waals surface area contributed by atoms with Crippen molar-refractivity contribution in [3.05, 3.63) is 0 Å². The van der Waals surface area contributed by atoms with Gasteiger partial charge in [-0.25, -0.2) is 0 Å². The minimum absolute atomic E-state index is 0.884. The Kier molecular flexibility index (Phi) is 5.39. The average Bonchev–Trinajstić information content (AvgIpc) is 2.34. The molecule has 0 saturated heterocycles. The summed E-state index contributed by atoms with van der Waals surface area (Å²) in [5.74, 6) is -0.884. The summed E-state index contributed by atoms with van der Waals surface area (Å²) < 4.78 is 5.61. The third-order valence-corrected chi connectivity index (χ3v) is 2.95. The van der Waals surface area contributed by atoms with E-state index in [0.717, 1.165) is 29.5 Å². The molecule has 0 unspecified atom stereocenters. The smallest absolute Gasteiger partial charge is 0.247 e. The van der Waals surface area contributed by atoms with Gasteiger partial charge in [-0.1, -0.05) is 0 Å². The van der Waals surface area contributed by atoms with Crippen LogP contribution >= 0.6 is 22.6 Å². The highest BCUT2D eigenvalue weighted by molar-refractivity contribution is 14.1. The Bertz CT molecular complexity index is 354. The molecule has 106 valence electrons. The second-order valence-electron chi connectivity index (χ2n) is 3.69. The number of carbonyl (C=O) groups is 2. The number of halogens is 1. The molecule has 0 radical (unpaired) electrons. The van der Waals surface area contributed by atoms with Crippen LogP contribution in [0.1, 0.15) is 6.92 Å². The number of rotatable bonds is 7. The van der Waals surface area contributed by atoms with Crippen LogP contribution in [0.15, 0.2) is 0 Å². The second-order valence-corrected chi connectivity index (χ2v) is 4.67. The highest BCUT2D eigenvalue weighted by Gasteiger charge is 2.51. The molecule has 4 atom stereocenters. The van der Waals surface area contributed by atoms with Crippen LogP contribution in [0.5, 0.6) is 0 Å². The molecular weight excluding hydrogens is 363 g/mol. The molecule has 0 aromatic carbocycles. The van der Waals surface area contributed by atoms with Gasteiger partial charge in [0.15, 0.2) is 5.72 Å². The molecule has 0 fully saturated rings. The van der Waals surface area contributed by atoms with E-state index < -0.39 is 40.0 Å². The van der Waals surface area contributed by atoms with Gasteiger partial charge in [0.05, 0.1) is 6.61 Å². The predicted octanol–water partition coefficient (Wildman–Crippen LogP) is -3.87. The number of nitrogens with one attached hydrogen (secondary N) is 1. The van der Waals surface area contributed by atoms with Gasteiger partial charge in [0.2, 0.25) is 15.4 Å². The Hall–Kier alpha value is -0.370. The van der Waals surface area contributed by atoms with E-state index in [9.17, 15) is 30.0 Å². The Balaban J connectivity index is 5.37. The van der Waals surface area contributed by atoms with E-state index >= 15 is 0 Å². The van der Waals surface area contributed by atoms with Gasteiger partial charge >= 0.3 is 0 Å². The van der Waals surface area contributed by atoms with Crippen LogP contribution in [-0.2, 0) is 9.59 Å².